The molecule has 2 aromatic heterocycles. The van der Waals surface area contributed by atoms with Gasteiger partial charge in [0.1, 0.15) is 24.1 Å². The molecule has 1 aliphatic rings. The minimum atomic E-state index is -4.67. The van der Waals surface area contributed by atoms with Crippen molar-refractivity contribution in [2.75, 3.05) is 18.5 Å². The van der Waals surface area contributed by atoms with Crippen molar-refractivity contribution < 1.29 is 37.3 Å². The highest BCUT2D eigenvalue weighted by atomic mass is 19.4. The zero-order valence-electron chi connectivity index (χ0n) is 14.1. The molecule has 152 valence electrons. The number of aromatic nitrogens is 3. The molecule has 1 saturated heterocycles. The van der Waals surface area contributed by atoms with Gasteiger partial charge in [-0.25, -0.2) is 9.97 Å². The number of nitrogens with one attached hydrogen (secondary N) is 2. The van der Waals surface area contributed by atoms with Gasteiger partial charge in [0.05, 0.1) is 31.2 Å². The van der Waals surface area contributed by atoms with E-state index in [1.165, 1.54) is 6.20 Å². The van der Waals surface area contributed by atoms with Crippen molar-refractivity contribution in [2.45, 2.75) is 30.5 Å². The molecule has 28 heavy (non-hydrogen) atoms. The first-order valence-corrected chi connectivity index (χ1v) is 8.06. The first-order chi connectivity index (χ1) is 13.3. The summed E-state index contributed by atoms with van der Waals surface area (Å²) in [6, 6.07) is -0.936. The maximum atomic E-state index is 12.7. The standard InChI is InChI=1S/C15H16F3N5O5/c16-15(17,18)10-3-19-4-11(23-10)22-7-5-27-8(13(25)12(7)24)2-21-14(26)9-1-20-6-28-9/h1,3-4,6-8,12-13,24-25H,2,5H2,(H,21,26)(H,22,23)/t7-,8+,12+,13-/m0/s1. The summed E-state index contributed by atoms with van der Waals surface area (Å²) in [4.78, 5) is 22.2. The fraction of sp³-hybridized carbons (Fsp3) is 0.467. The SMILES string of the molecule is O=C(NC[C@H]1OC[C@H](Nc2cncc(C(F)(F)F)n2)[C@@H](O)[C@H]1O)c1cnco1. The number of rotatable bonds is 5. The predicted octanol–water partition coefficient (Wildman–Crippen LogP) is -0.186. The molecule has 4 atom stereocenters. The molecular weight excluding hydrogens is 387 g/mol. The molecular formula is C15H16F3N5O5. The summed E-state index contributed by atoms with van der Waals surface area (Å²) < 4.78 is 48.3. The van der Waals surface area contributed by atoms with E-state index in [4.69, 9.17) is 9.15 Å². The number of anilines is 1. The van der Waals surface area contributed by atoms with Crippen LogP contribution in [0.3, 0.4) is 0 Å². The Labute approximate surface area is 155 Å². The molecule has 0 aliphatic carbocycles. The average Bonchev–Trinajstić information content (AvgIpc) is 3.19. The van der Waals surface area contributed by atoms with E-state index in [0.29, 0.717) is 6.20 Å². The van der Waals surface area contributed by atoms with Crippen molar-refractivity contribution >= 4 is 11.7 Å². The quantitative estimate of drug-likeness (QED) is 0.534. The Balaban J connectivity index is 1.57. The number of aliphatic hydroxyl groups is 2. The number of nitrogens with zero attached hydrogens (tertiary/aromatic N) is 3. The number of halogens is 3. The molecule has 0 radical (unpaired) electrons. The summed E-state index contributed by atoms with van der Waals surface area (Å²) in [5, 5.41) is 25.5. The smallest absolute Gasteiger partial charge is 0.434 e. The van der Waals surface area contributed by atoms with Crippen molar-refractivity contribution in [3.8, 4) is 0 Å². The molecule has 13 heteroatoms. The summed E-state index contributed by atoms with van der Waals surface area (Å²) in [5.74, 6) is -0.845. The normalized spacial score (nSPS) is 25.3. The zero-order valence-corrected chi connectivity index (χ0v) is 14.1. The van der Waals surface area contributed by atoms with E-state index in [0.717, 1.165) is 12.6 Å². The first kappa shape index (κ1) is 20.0. The van der Waals surface area contributed by atoms with Gasteiger partial charge in [0.25, 0.3) is 5.91 Å². The lowest BCUT2D eigenvalue weighted by Crippen LogP contribution is -2.58. The number of ether oxygens (including phenoxy) is 1. The lowest BCUT2D eigenvalue weighted by atomic mass is 9.98. The summed E-state index contributed by atoms with van der Waals surface area (Å²) in [7, 11) is 0. The van der Waals surface area contributed by atoms with Gasteiger partial charge in [-0.2, -0.15) is 13.2 Å². The fourth-order valence-electron chi connectivity index (χ4n) is 2.56. The minimum absolute atomic E-state index is 0.0338. The van der Waals surface area contributed by atoms with E-state index in [-0.39, 0.29) is 24.7 Å². The third kappa shape index (κ3) is 4.55. The third-order valence-corrected chi connectivity index (χ3v) is 4.01. The van der Waals surface area contributed by atoms with Gasteiger partial charge in [-0.1, -0.05) is 0 Å². The molecule has 0 bridgehead atoms. The Kier molecular flexibility index (Phi) is 5.76. The van der Waals surface area contributed by atoms with Crippen molar-refractivity contribution in [1.82, 2.24) is 20.3 Å². The number of aliphatic hydroxyl groups excluding tert-OH is 2. The van der Waals surface area contributed by atoms with Gasteiger partial charge in [0.2, 0.25) is 5.76 Å². The molecule has 3 heterocycles. The van der Waals surface area contributed by atoms with E-state index in [1.807, 2.05) is 0 Å². The lowest BCUT2D eigenvalue weighted by Gasteiger charge is -2.38. The summed E-state index contributed by atoms with van der Waals surface area (Å²) in [5.41, 5.74) is -1.20. The number of hydrogen-bond donors (Lipinski definition) is 4. The van der Waals surface area contributed by atoms with E-state index in [2.05, 4.69) is 25.6 Å². The molecule has 0 unspecified atom stereocenters. The molecule has 3 rings (SSSR count). The van der Waals surface area contributed by atoms with Crippen LogP contribution in [0.1, 0.15) is 16.2 Å². The van der Waals surface area contributed by atoms with Gasteiger partial charge in [-0.05, 0) is 0 Å². The Morgan fingerprint density at radius 2 is 2.00 bits per heavy atom. The van der Waals surface area contributed by atoms with Gasteiger partial charge in [0, 0.05) is 6.54 Å². The topological polar surface area (TPSA) is 143 Å². The summed E-state index contributed by atoms with van der Waals surface area (Å²) >= 11 is 0. The van der Waals surface area contributed by atoms with E-state index < -0.39 is 42.1 Å². The highest BCUT2D eigenvalue weighted by molar-refractivity contribution is 5.90. The van der Waals surface area contributed by atoms with Crippen LogP contribution in [0.2, 0.25) is 0 Å². The molecule has 4 N–H and O–H groups in total. The highest BCUT2D eigenvalue weighted by Gasteiger charge is 2.39. The average molecular weight is 403 g/mol. The molecule has 1 aliphatic heterocycles. The van der Waals surface area contributed by atoms with Crippen molar-refractivity contribution in [1.29, 1.82) is 0 Å². The minimum Gasteiger partial charge on any atom is -0.438 e. The Hall–Kier alpha value is -2.77. The number of carbonyl (C=O) groups is 1. The van der Waals surface area contributed by atoms with Gasteiger partial charge in [-0.15, -0.1) is 0 Å². The van der Waals surface area contributed by atoms with Crippen LogP contribution in [0.15, 0.2) is 29.4 Å². The lowest BCUT2D eigenvalue weighted by molar-refractivity contribution is -0.141. The largest absolute Gasteiger partial charge is 0.438 e. The second-order valence-corrected chi connectivity index (χ2v) is 5.97. The van der Waals surface area contributed by atoms with Crippen LogP contribution >= 0.6 is 0 Å². The molecule has 0 aromatic carbocycles. The summed E-state index contributed by atoms with van der Waals surface area (Å²) in [6.45, 7) is -0.285. The van der Waals surface area contributed by atoms with Crippen molar-refractivity contribution in [2.24, 2.45) is 0 Å². The second kappa shape index (κ2) is 8.08. The molecule has 1 fully saturated rings. The van der Waals surface area contributed by atoms with Crippen molar-refractivity contribution in [3.05, 3.63) is 36.4 Å². The number of oxazole rings is 1. The highest BCUT2D eigenvalue weighted by Crippen LogP contribution is 2.28. The summed E-state index contributed by atoms with van der Waals surface area (Å²) in [6.07, 6.45) is -4.50. The maximum Gasteiger partial charge on any atom is 0.434 e. The third-order valence-electron chi connectivity index (χ3n) is 4.01. The van der Waals surface area contributed by atoms with Crippen LogP contribution in [-0.4, -0.2) is 68.6 Å². The second-order valence-electron chi connectivity index (χ2n) is 5.97. The predicted molar refractivity (Wildman–Crippen MR) is 85.0 cm³/mol. The monoisotopic (exact) mass is 403 g/mol. The molecule has 0 spiro atoms. The van der Waals surface area contributed by atoms with Crippen LogP contribution in [-0.2, 0) is 10.9 Å². The molecule has 0 saturated carbocycles. The first-order valence-electron chi connectivity index (χ1n) is 8.06. The van der Waals surface area contributed by atoms with Gasteiger partial charge in [0.15, 0.2) is 12.1 Å². The van der Waals surface area contributed by atoms with E-state index in [1.54, 1.807) is 0 Å². The van der Waals surface area contributed by atoms with Crippen LogP contribution in [0.4, 0.5) is 19.0 Å². The van der Waals surface area contributed by atoms with Gasteiger partial charge in [-0.3, -0.25) is 9.78 Å². The maximum absolute atomic E-state index is 12.7. The van der Waals surface area contributed by atoms with Crippen LogP contribution in [0.25, 0.3) is 0 Å². The van der Waals surface area contributed by atoms with E-state index in [9.17, 15) is 28.2 Å². The van der Waals surface area contributed by atoms with E-state index >= 15 is 0 Å². The molecule has 1 amide bonds. The molecule has 10 nitrogen and oxygen atoms in total. The van der Waals surface area contributed by atoms with Crippen molar-refractivity contribution in [3.63, 3.8) is 0 Å². The Bertz CT molecular complexity index is 804. The number of amides is 1. The molecule has 2 aromatic rings. The fourth-order valence-corrected chi connectivity index (χ4v) is 2.56. The number of alkyl halides is 3. The van der Waals surface area contributed by atoms with Crippen LogP contribution in [0.5, 0.6) is 0 Å². The Morgan fingerprint density at radius 3 is 2.68 bits per heavy atom. The number of hydrogen-bond acceptors (Lipinski definition) is 9. The zero-order chi connectivity index (χ0) is 20.3. The number of carbonyl (C=O) groups excluding carboxylic acids is 1. The van der Waals surface area contributed by atoms with Crippen LogP contribution in [0, 0.1) is 0 Å². The Morgan fingerprint density at radius 1 is 1.21 bits per heavy atom. The van der Waals surface area contributed by atoms with Gasteiger partial charge < -0.3 is 30.0 Å². The van der Waals surface area contributed by atoms with Crippen LogP contribution < -0.4 is 10.6 Å². The van der Waals surface area contributed by atoms with Gasteiger partial charge >= 0.3 is 6.18 Å².